The molecule has 0 aliphatic rings. The Balaban J connectivity index is 3.65. The lowest BCUT2D eigenvalue weighted by Crippen LogP contribution is -2.60. The summed E-state index contributed by atoms with van der Waals surface area (Å²) < 4.78 is 5.49. The Kier molecular flexibility index (Phi) is 13.0. The molecule has 3 unspecified atom stereocenters. The molecule has 7 nitrogen and oxygen atoms in total. The van der Waals surface area contributed by atoms with Crippen LogP contribution >= 0.6 is 0 Å². The van der Waals surface area contributed by atoms with Crippen molar-refractivity contribution in [3.63, 3.8) is 0 Å². The number of ether oxygens (including phenoxy) is 1. The lowest BCUT2D eigenvalue weighted by atomic mass is 9.89. The summed E-state index contributed by atoms with van der Waals surface area (Å²) in [4.78, 5) is 42.8. The molecule has 0 heterocycles. The maximum absolute atomic E-state index is 14.5. The molecule has 0 radical (unpaired) electrons. The third-order valence-electron chi connectivity index (χ3n) is 6.95. The van der Waals surface area contributed by atoms with Crippen LogP contribution in [0.1, 0.15) is 112 Å². The Bertz CT molecular complexity index is 935. The van der Waals surface area contributed by atoms with Gasteiger partial charge in [0.1, 0.15) is 17.7 Å². The van der Waals surface area contributed by atoms with Gasteiger partial charge in [0.2, 0.25) is 11.8 Å². The van der Waals surface area contributed by atoms with Crippen LogP contribution in [0.3, 0.4) is 0 Å². The quantitative estimate of drug-likeness (QED) is 0.265. The minimum atomic E-state index is -0.883. The van der Waals surface area contributed by atoms with Crippen LogP contribution in [0, 0.1) is 5.92 Å². The van der Waals surface area contributed by atoms with E-state index in [-0.39, 0.29) is 17.7 Å². The maximum atomic E-state index is 14.5. The van der Waals surface area contributed by atoms with E-state index in [2.05, 4.69) is 24.1 Å². The Hall–Kier alpha value is -2.83. The van der Waals surface area contributed by atoms with Crippen molar-refractivity contribution in [3.8, 4) is 0 Å². The normalized spacial score (nSPS) is 14.1. The first-order chi connectivity index (χ1) is 17.7. The van der Waals surface area contributed by atoms with Crippen LogP contribution in [0.4, 0.5) is 4.79 Å². The van der Waals surface area contributed by atoms with E-state index in [1.54, 1.807) is 31.7 Å². The molecule has 0 fully saturated rings. The maximum Gasteiger partial charge on any atom is 0.408 e. The van der Waals surface area contributed by atoms with Crippen LogP contribution in [0.2, 0.25) is 0 Å². The molecule has 0 saturated carbocycles. The molecule has 2 N–H and O–H groups in total. The van der Waals surface area contributed by atoms with Crippen molar-refractivity contribution >= 4 is 24.0 Å². The minimum absolute atomic E-state index is 0.182. The summed E-state index contributed by atoms with van der Waals surface area (Å²) in [7, 11) is 0. The van der Waals surface area contributed by atoms with Gasteiger partial charge in [-0.15, -0.1) is 0 Å². The number of amides is 3. The second kappa shape index (κ2) is 14.9. The largest absolute Gasteiger partial charge is 0.444 e. The molecule has 7 heteroatoms. The fourth-order valence-corrected chi connectivity index (χ4v) is 4.17. The summed E-state index contributed by atoms with van der Waals surface area (Å²) in [5.41, 5.74) is 0.166. The van der Waals surface area contributed by atoms with Gasteiger partial charge in [0.05, 0.1) is 0 Å². The van der Waals surface area contributed by atoms with E-state index >= 15 is 0 Å². The molecule has 1 aromatic carbocycles. The molecule has 3 amide bonds. The molecule has 38 heavy (non-hydrogen) atoms. The highest BCUT2D eigenvalue weighted by atomic mass is 16.6. The van der Waals surface area contributed by atoms with Crippen molar-refractivity contribution in [2.75, 3.05) is 6.54 Å². The molecule has 0 bridgehead atoms. The SMILES string of the molecule is C=Cc1cccc(C(C(=O)NCCCCC)N(C(=O)C(NC(=O)OC(C)(C)C)C(C)CC)C(C)(C)CC)c1. The van der Waals surface area contributed by atoms with Crippen molar-refractivity contribution in [1.82, 2.24) is 15.5 Å². The highest BCUT2D eigenvalue weighted by Crippen LogP contribution is 2.33. The lowest BCUT2D eigenvalue weighted by molar-refractivity contribution is -0.150. The number of rotatable bonds is 14. The smallest absolute Gasteiger partial charge is 0.408 e. The number of hydrogen-bond acceptors (Lipinski definition) is 4. The van der Waals surface area contributed by atoms with Crippen LogP contribution in [0.25, 0.3) is 6.08 Å². The molecule has 1 aromatic rings. The molecular formula is C31H51N3O4. The van der Waals surface area contributed by atoms with Gasteiger partial charge < -0.3 is 20.3 Å². The van der Waals surface area contributed by atoms with Gasteiger partial charge in [0.15, 0.2) is 0 Å². The molecular weight excluding hydrogens is 478 g/mol. The molecule has 3 atom stereocenters. The third kappa shape index (κ3) is 9.80. The van der Waals surface area contributed by atoms with Crippen LogP contribution in [-0.2, 0) is 14.3 Å². The zero-order chi connectivity index (χ0) is 29.1. The second-order valence-electron chi connectivity index (χ2n) is 11.7. The zero-order valence-corrected chi connectivity index (χ0v) is 25.1. The monoisotopic (exact) mass is 529 g/mol. The van der Waals surface area contributed by atoms with Crippen LogP contribution in [-0.4, -0.2) is 46.5 Å². The molecule has 0 aromatic heterocycles. The van der Waals surface area contributed by atoms with Gasteiger partial charge >= 0.3 is 6.09 Å². The first-order valence-corrected chi connectivity index (χ1v) is 14.0. The highest BCUT2D eigenvalue weighted by molar-refractivity contribution is 5.93. The number of carbonyl (C=O) groups excluding carboxylic acids is 3. The summed E-state index contributed by atoms with van der Waals surface area (Å²) in [6.45, 7) is 21.7. The summed E-state index contributed by atoms with van der Waals surface area (Å²) in [5.74, 6) is -0.731. The summed E-state index contributed by atoms with van der Waals surface area (Å²) in [5, 5.41) is 5.90. The van der Waals surface area contributed by atoms with E-state index in [4.69, 9.17) is 4.74 Å². The van der Waals surface area contributed by atoms with Crippen LogP contribution < -0.4 is 10.6 Å². The average molecular weight is 530 g/mol. The lowest BCUT2D eigenvalue weighted by Gasteiger charge is -2.45. The second-order valence-corrected chi connectivity index (χ2v) is 11.7. The Morgan fingerprint density at radius 2 is 1.74 bits per heavy atom. The average Bonchev–Trinajstić information content (AvgIpc) is 2.86. The Morgan fingerprint density at radius 1 is 1.08 bits per heavy atom. The molecule has 0 spiro atoms. The standard InChI is InChI=1S/C31H51N3O4/c1-11-15-16-20-32-27(35)26(24-19-17-18-23(13-3)21-24)34(31(9,10)14-4)28(36)25(22(5)12-2)33-29(37)38-30(6,7)8/h13,17-19,21-22,25-26H,3,11-12,14-16,20H2,1-2,4-10H3,(H,32,35)(H,33,37). The van der Waals surface area contributed by atoms with Gasteiger partial charge in [-0.2, -0.15) is 0 Å². The fraction of sp³-hybridized carbons (Fsp3) is 0.645. The van der Waals surface area contributed by atoms with Crippen LogP contribution in [0.15, 0.2) is 30.8 Å². The van der Waals surface area contributed by atoms with Gasteiger partial charge in [-0.05, 0) is 70.6 Å². The Morgan fingerprint density at radius 3 is 2.26 bits per heavy atom. The topological polar surface area (TPSA) is 87.7 Å². The van der Waals surface area contributed by atoms with Crippen molar-refractivity contribution in [2.24, 2.45) is 5.92 Å². The first-order valence-electron chi connectivity index (χ1n) is 14.0. The van der Waals surface area contributed by atoms with Crippen LogP contribution in [0.5, 0.6) is 0 Å². The number of nitrogens with zero attached hydrogens (tertiary/aromatic N) is 1. The van der Waals surface area contributed by atoms with E-state index in [1.165, 1.54) is 0 Å². The van der Waals surface area contributed by atoms with E-state index in [1.807, 2.05) is 58.9 Å². The van der Waals surface area contributed by atoms with E-state index < -0.39 is 29.3 Å². The van der Waals surface area contributed by atoms with E-state index in [0.29, 0.717) is 24.9 Å². The molecule has 1 rings (SSSR count). The zero-order valence-electron chi connectivity index (χ0n) is 25.1. The van der Waals surface area contributed by atoms with Crippen molar-refractivity contribution < 1.29 is 19.1 Å². The number of benzene rings is 1. The molecule has 0 saturated heterocycles. The number of unbranched alkanes of at least 4 members (excludes halogenated alkanes) is 2. The summed E-state index contributed by atoms with van der Waals surface area (Å²) in [6, 6.07) is 5.81. The van der Waals surface area contributed by atoms with Gasteiger partial charge in [0.25, 0.3) is 0 Å². The first kappa shape index (κ1) is 33.2. The third-order valence-corrected chi connectivity index (χ3v) is 6.95. The van der Waals surface area contributed by atoms with Crippen molar-refractivity contribution in [3.05, 3.63) is 42.0 Å². The highest BCUT2D eigenvalue weighted by Gasteiger charge is 2.44. The number of carbonyl (C=O) groups is 3. The minimum Gasteiger partial charge on any atom is -0.444 e. The van der Waals surface area contributed by atoms with Crippen molar-refractivity contribution in [1.29, 1.82) is 0 Å². The Labute approximate surface area is 230 Å². The molecule has 0 aliphatic carbocycles. The summed E-state index contributed by atoms with van der Waals surface area (Å²) >= 11 is 0. The van der Waals surface area contributed by atoms with Gasteiger partial charge in [0, 0.05) is 12.1 Å². The predicted molar refractivity (Wildman–Crippen MR) is 156 cm³/mol. The van der Waals surface area contributed by atoms with E-state index in [0.717, 1.165) is 24.8 Å². The number of alkyl carbamates (subject to hydrolysis) is 1. The van der Waals surface area contributed by atoms with Gasteiger partial charge in [-0.3, -0.25) is 9.59 Å². The summed E-state index contributed by atoms with van der Waals surface area (Å²) in [6.07, 6.45) is 5.26. The number of hydrogen-bond donors (Lipinski definition) is 2. The number of nitrogens with one attached hydrogen (secondary N) is 2. The van der Waals surface area contributed by atoms with Gasteiger partial charge in [-0.1, -0.05) is 77.8 Å². The van der Waals surface area contributed by atoms with Crippen molar-refractivity contribution in [2.45, 2.75) is 118 Å². The van der Waals surface area contributed by atoms with Gasteiger partial charge in [-0.25, -0.2) is 4.79 Å². The predicted octanol–water partition coefficient (Wildman–Crippen LogP) is 6.63. The fourth-order valence-electron chi connectivity index (χ4n) is 4.17. The molecule has 0 aliphatic heterocycles. The van der Waals surface area contributed by atoms with E-state index in [9.17, 15) is 14.4 Å². The molecule has 214 valence electrons.